The fourth-order valence-corrected chi connectivity index (χ4v) is 4.24. The van der Waals surface area contributed by atoms with Gasteiger partial charge in [-0.25, -0.2) is 4.79 Å². The maximum atomic E-state index is 13.4. The Hall–Kier alpha value is -3.11. The number of carbonyl (C=O) groups excluding carboxylic acids is 2. The Morgan fingerprint density at radius 1 is 1.08 bits per heavy atom. The van der Waals surface area contributed by atoms with Crippen LogP contribution < -0.4 is 10.5 Å². The second-order valence-corrected chi connectivity index (χ2v) is 8.97. The summed E-state index contributed by atoms with van der Waals surface area (Å²) >= 11 is 0. The minimum atomic E-state index is -5.31. The number of aryl methyl sites for hydroxylation is 1. The number of hydrogen-bond donors (Lipinski definition) is 1. The number of methoxy groups -OCH3 is 1. The molecule has 7 nitrogen and oxygen atoms in total. The van der Waals surface area contributed by atoms with E-state index in [1.165, 1.54) is 24.1 Å². The molecule has 1 amide bonds. The third-order valence-electron chi connectivity index (χ3n) is 6.19. The molecule has 1 saturated heterocycles. The number of alkyl halides is 3. The maximum Gasteiger partial charge on any atom is 0.491 e. The number of halogens is 3. The largest absolute Gasteiger partial charge is 0.497 e. The summed E-state index contributed by atoms with van der Waals surface area (Å²) in [6.07, 6.45) is -4.05. The maximum absolute atomic E-state index is 13.4. The van der Waals surface area contributed by atoms with Gasteiger partial charge >= 0.3 is 12.1 Å². The fourth-order valence-electron chi connectivity index (χ4n) is 4.24. The molecule has 1 heterocycles. The highest BCUT2D eigenvalue weighted by atomic mass is 19.4. The van der Waals surface area contributed by atoms with Crippen molar-refractivity contribution in [2.24, 2.45) is 5.73 Å². The molecule has 2 aromatic carbocycles. The van der Waals surface area contributed by atoms with E-state index in [1.807, 2.05) is 38.1 Å². The minimum absolute atomic E-state index is 0.0610. The smallest absolute Gasteiger partial charge is 0.491 e. The molecule has 3 rings (SSSR count). The second-order valence-electron chi connectivity index (χ2n) is 8.97. The van der Waals surface area contributed by atoms with Crippen LogP contribution in [0.2, 0.25) is 0 Å². The van der Waals surface area contributed by atoms with Gasteiger partial charge in [0.1, 0.15) is 11.4 Å². The van der Waals surface area contributed by atoms with Crippen molar-refractivity contribution in [3.8, 4) is 5.75 Å². The van der Waals surface area contributed by atoms with Crippen molar-refractivity contribution in [3.63, 3.8) is 0 Å². The van der Waals surface area contributed by atoms with Crippen LogP contribution in [-0.4, -0.2) is 55.5 Å². The van der Waals surface area contributed by atoms with Crippen LogP contribution in [0.25, 0.3) is 0 Å². The Bertz CT molecular complexity index is 1070. The molecule has 1 atom stereocenters. The predicted molar refractivity (Wildman–Crippen MR) is 126 cm³/mol. The normalized spacial score (nSPS) is 16.6. The predicted octanol–water partition coefficient (Wildman–Crippen LogP) is 3.86. The van der Waals surface area contributed by atoms with E-state index in [0.29, 0.717) is 17.9 Å². The average Bonchev–Trinajstić information content (AvgIpc) is 2.80. The van der Waals surface area contributed by atoms with E-state index < -0.39 is 35.8 Å². The van der Waals surface area contributed by atoms with E-state index in [1.54, 1.807) is 12.1 Å². The van der Waals surface area contributed by atoms with Gasteiger partial charge in [-0.05, 0) is 42.2 Å². The van der Waals surface area contributed by atoms with Gasteiger partial charge in [0.25, 0.3) is 5.91 Å². The summed E-state index contributed by atoms with van der Waals surface area (Å²) < 4.78 is 55.1. The number of benzene rings is 2. The van der Waals surface area contributed by atoms with Crippen molar-refractivity contribution in [1.82, 2.24) is 4.90 Å². The molecule has 2 N–H and O–H groups in total. The summed E-state index contributed by atoms with van der Waals surface area (Å²) in [5.74, 6) is -2.95. The third kappa shape index (κ3) is 5.99. The van der Waals surface area contributed by atoms with Gasteiger partial charge in [0.05, 0.1) is 20.2 Å². The summed E-state index contributed by atoms with van der Waals surface area (Å²) in [6.45, 7) is 4.52. The number of carbonyl (C=O) groups is 2. The summed E-state index contributed by atoms with van der Waals surface area (Å²) in [5.41, 5.74) is 4.97. The number of amides is 1. The lowest BCUT2D eigenvalue weighted by Crippen LogP contribution is -2.70. The topological polar surface area (TPSA) is 91.1 Å². The zero-order valence-electron chi connectivity index (χ0n) is 20.6. The lowest BCUT2D eigenvalue weighted by atomic mass is 9.82. The molecule has 0 saturated carbocycles. The summed E-state index contributed by atoms with van der Waals surface area (Å²) in [5, 5.41) is 0. The van der Waals surface area contributed by atoms with Gasteiger partial charge < -0.3 is 19.1 Å². The number of esters is 1. The van der Waals surface area contributed by atoms with E-state index in [0.717, 1.165) is 24.0 Å². The Labute approximate surface area is 208 Å². The first-order valence-corrected chi connectivity index (χ1v) is 11.7. The SMILES string of the molecule is CCCCOC1(c2ccccc2C)CN(C(=O)C(N)(Cc2ccc(OC)cc2)OC(=O)C(F)(F)F)C1. The number of nitrogens with zero attached hydrogens (tertiary/aromatic N) is 1. The van der Waals surface area contributed by atoms with Gasteiger partial charge in [-0.1, -0.05) is 49.7 Å². The zero-order valence-corrected chi connectivity index (χ0v) is 20.6. The number of ether oxygens (including phenoxy) is 3. The molecule has 0 radical (unpaired) electrons. The Balaban J connectivity index is 1.87. The number of likely N-dealkylation sites (tertiary alicyclic amines) is 1. The van der Waals surface area contributed by atoms with Gasteiger partial charge in [0.2, 0.25) is 5.72 Å². The van der Waals surface area contributed by atoms with Crippen LogP contribution in [0.5, 0.6) is 5.75 Å². The van der Waals surface area contributed by atoms with Crippen LogP contribution in [0.4, 0.5) is 13.2 Å². The van der Waals surface area contributed by atoms with Crippen molar-refractivity contribution in [2.75, 3.05) is 26.8 Å². The highest BCUT2D eigenvalue weighted by Crippen LogP contribution is 2.39. The van der Waals surface area contributed by atoms with Gasteiger partial charge in [-0.3, -0.25) is 10.5 Å². The highest BCUT2D eigenvalue weighted by Gasteiger charge is 2.55. The van der Waals surface area contributed by atoms with Gasteiger partial charge in [0.15, 0.2) is 0 Å². The molecular weight excluding hydrogens is 477 g/mol. The Morgan fingerprint density at radius 2 is 1.72 bits per heavy atom. The van der Waals surface area contributed by atoms with Crippen molar-refractivity contribution >= 4 is 11.9 Å². The third-order valence-corrected chi connectivity index (χ3v) is 6.19. The first-order chi connectivity index (χ1) is 16.9. The lowest BCUT2D eigenvalue weighted by Gasteiger charge is -2.52. The molecule has 0 spiro atoms. The summed E-state index contributed by atoms with van der Waals surface area (Å²) in [6, 6.07) is 13.8. The quantitative estimate of drug-likeness (QED) is 0.298. The fraction of sp³-hybridized carbons (Fsp3) is 0.462. The number of hydrogen-bond acceptors (Lipinski definition) is 6. The Morgan fingerprint density at radius 3 is 2.28 bits per heavy atom. The van der Waals surface area contributed by atoms with Crippen LogP contribution in [0.3, 0.4) is 0 Å². The van der Waals surface area contributed by atoms with E-state index in [4.69, 9.17) is 15.2 Å². The number of nitrogens with two attached hydrogens (primary N) is 1. The van der Waals surface area contributed by atoms with Crippen molar-refractivity contribution < 1.29 is 37.0 Å². The molecule has 1 aliphatic heterocycles. The standard InChI is InChI=1S/C26H31F3N2O5/c1-4-5-14-35-24(21-9-7-6-8-18(21)2)16-31(17-24)22(32)25(30,36-23(33)26(27,28)29)15-19-10-12-20(34-3)13-11-19/h6-13H,4-5,14-17,30H2,1-3H3. The molecule has 0 aliphatic carbocycles. The lowest BCUT2D eigenvalue weighted by molar-refractivity contribution is -0.221. The monoisotopic (exact) mass is 508 g/mol. The molecule has 1 fully saturated rings. The molecule has 2 aromatic rings. The molecule has 196 valence electrons. The van der Waals surface area contributed by atoms with E-state index >= 15 is 0 Å². The zero-order chi connectivity index (χ0) is 26.6. The van der Waals surface area contributed by atoms with Gasteiger partial charge in [0, 0.05) is 13.0 Å². The van der Waals surface area contributed by atoms with Crippen LogP contribution in [0.1, 0.15) is 36.5 Å². The number of rotatable bonds is 10. The van der Waals surface area contributed by atoms with Gasteiger partial charge in [-0.2, -0.15) is 13.2 Å². The Kier molecular flexibility index (Phi) is 8.30. The van der Waals surface area contributed by atoms with E-state index in [2.05, 4.69) is 4.74 Å². The van der Waals surface area contributed by atoms with Crippen molar-refractivity contribution in [2.45, 2.75) is 50.6 Å². The molecule has 0 bridgehead atoms. The van der Waals surface area contributed by atoms with Gasteiger partial charge in [-0.15, -0.1) is 0 Å². The highest BCUT2D eigenvalue weighted by molar-refractivity contribution is 5.89. The molecule has 1 unspecified atom stereocenters. The summed E-state index contributed by atoms with van der Waals surface area (Å²) in [7, 11) is 1.46. The first kappa shape index (κ1) is 27.5. The molecule has 0 aromatic heterocycles. The molecule has 10 heteroatoms. The molecular formula is C26H31F3N2O5. The van der Waals surface area contributed by atoms with Crippen LogP contribution >= 0.6 is 0 Å². The molecule has 36 heavy (non-hydrogen) atoms. The van der Waals surface area contributed by atoms with Crippen LogP contribution in [0, 0.1) is 6.92 Å². The summed E-state index contributed by atoms with van der Waals surface area (Å²) in [4.78, 5) is 26.4. The van der Waals surface area contributed by atoms with Crippen molar-refractivity contribution in [3.05, 3.63) is 65.2 Å². The van der Waals surface area contributed by atoms with Crippen molar-refractivity contribution in [1.29, 1.82) is 0 Å². The first-order valence-electron chi connectivity index (χ1n) is 11.7. The minimum Gasteiger partial charge on any atom is -0.497 e. The van der Waals surface area contributed by atoms with Crippen LogP contribution in [-0.2, 0) is 31.1 Å². The van der Waals surface area contributed by atoms with E-state index in [-0.39, 0.29) is 13.1 Å². The second kappa shape index (κ2) is 10.9. The molecule has 1 aliphatic rings. The van der Waals surface area contributed by atoms with Crippen LogP contribution in [0.15, 0.2) is 48.5 Å². The van der Waals surface area contributed by atoms with E-state index in [9.17, 15) is 22.8 Å². The number of unbranched alkanes of at least 4 members (excludes halogenated alkanes) is 1. The average molecular weight is 509 g/mol.